The second kappa shape index (κ2) is 7.15. The molecular formula is C20H24N6S. The number of pyridine rings is 1. The third-order valence-corrected chi connectivity index (χ3v) is 5.23. The highest BCUT2D eigenvalue weighted by Gasteiger charge is 2.20. The second-order valence-electron chi connectivity index (χ2n) is 7.12. The number of anilines is 2. The minimum Gasteiger partial charge on any atom is -0.368 e. The molecule has 1 N–H and O–H groups in total. The van der Waals surface area contributed by atoms with Crippen LogP contribution in [-0.2, 0) is 7.05 Å². The van der Waals surface area contributed by atoms with Crippen molar-refractivity contribution in [3.8, 4) is 0 Å². The lowest BCUT2D eigenvalue weighted by Gasteiger charge is -2.37. The highest BCUT2D eigenvalue weighted by atomic mass is 32.1. The number of nitrogens with one attached hydrogen (secondary N) is 1. The Kier molecular flexibility index (Phi) is 4.70. The van der Waals surface area contributed by atoms with Crippen LogP contribution in [0.2, 0.25) is 0 Å². The molecule has 0 bridgehead atoms. The number of hydrogen-bond acceptors (Lipinski definition) is 4. The van der Waals surface area contributed by atoms with Crippen LogP contribution in [-0.4, -0.2) is 51.0 Å². The molecule has 2 aromatic heterocycles. The van der Waals surface area contributed by atoms with Gasteiger partial charge in [-0.15, -0.1) is 0 Å². The molecule has 1 aliphatic rings. The van der Waals surface area contributed by atoms with Gasteiger partial charge in [0.25, 0.3) is 0 Å². The Hall–Kier alpha value is -2.67. The topological polar surface area (TPSA) is 49.2 Å². The smallest absolute Gasteiger partial charge is 0.174 e. The summed E-state index contributed by atoms with van der Waals surface area (Å²) in [7, 11) is 1.96. The number of fused-ring (bicyclic) bond motifs is 1. The Morgan fingerprint density at radius 1 is 1.07 bits per heavy atom. The summed E-state index contributed by atoms with van der Waals surface area (Å²) >= 11 is 5.61. The Balaban J connectivity index is 1.39. The highest BCUT2D eigenvalue weighted by molar-refractivity contribution is 7.80. The molecule has 6 nitrogen and oxygen atoms in total. The second-order valence-corrected chi connectivity index (χ2v) is 7.51. The van der Waals surface area contributed by atoms with Gasteiger partial charge in [-0.05, 0) is 62.0 Å². The van der Waals surface area contributed by atoms with Gasteiger partial charge in [0.15, 0.2) is 5.11 Å². The highest BCUT2D eigenvalue weighted by Crippen LogP contribution is 2.22. The number of aromatic nitrogens is 3. The molecule has 0 unspecified atom stereocenters. The predicted molar refractivity (Wildman–Crippen MR) is 114 cm³/mol. The van der Waals surface area contributed by atoms with E-state index in [0.717, 1.165) is 48.3 Å². The Morgan fingerprint density at radius 2 is 1.85 bits per heavy atom. The summed E-state index contributed by atoms with van der Waals surface area (Å²) in [5.41, 5.74) is 4.43. The van der Waals surface area contributed by atoms with Crippen LogP contribution in [0.3, 0.4) is 0 Å². The zero-order valence-electron chi connectivity index (χ0n) is 15.9. The van der Waals surface area contributed by atoms with E-state index >= 15 is 0 Å². The van der Waals surface area contributed by atoms with Gasteiger partial charge in [0, 0.05) is 56.2 Å². The Morgan fingerprint density at radius 3 is 2.59 bits per heavy atom. The van der Waals surface area contributed by atoms with Gasteiger partial charge in [0.1, 0.15) is 5.82 Å². The molecule has 27 heavy (non-hydrogen) atoms. The third kappa shape index (κ3) is 3.88. The van der Waals surface area contributed by atoms with Crippen molar-refractivity contribution in [1.82, 2.24) is 19.7 Å². The number of thiocarbonyl (C=S) groups is 1. The normalized spacial score (nSPS) is 14.6. The van der Waals surface area contributed by atoms with Gasteiger partial charge in [-0.3, -0.25) is 4.68 Å². The molecule has 4 rings (SSSR count). The molecular weight excluding hydrogens is 356 g/mol. The van der Waals surface area contributed by atoms with E-state index in [9.17, 15) is 0 Å². The zero-order chi connectivity index (χ0) is 19.0. The molecule has 0 radical (unpaired) electrons. The first kappa shape index (κ1) is 17.7. The minimum atomic E-state index is 0.743. The molecule has 1 saturated heterocycles. The van der Waals surface area contributed by atoms with Crippen LogP contribution in [0.25, 0.3) is 10.9 Å². The first-order chi connectivity index (χ1) is 13.0. The SMILES string of the molecule is Cc1cc(C)nc(NC(=S)N2CCN(c3ccc4cn(C)nc4c3)CC2)c1. The fourth-order valence-corrected chi connectivity index (χ4v) is 3.87. The number of benzene rings is 1. The molecule has 0 aliphatic carbocycles. The average Bonchev–Trinajstić information content (AvgIpc) is 3.00. The van der Waals surface area contributed by atoms with E-state index in [1.165, 1.54) is 16.6 Å². The fraction of sp³-hybridized carbons (Fsp3) is 0.350. The maximum absolute atomic E-state index is 5.61. The molecule has 3 heterocycles. The molecule has 0 saturated carbocycles. The summed E-state index contributed by atoms with van der Waals surface area (Å²) in [5, 5.41) is 9.72. The average molecular weight is 381 g/mol. The van der Waals surface area contributed by atoms with E-state index in [2.05, 4.69) is 56.4 Å². The summed E-state index contributed by atoms with van der Waals surface area (Å²) in [6.07, 6.45) is 2.04. The molecule has 0 spiro atoms. The van der Waals surface area contributed by atoms with E-state index in [-0.39, 0.29) is 0 Å². The lowest BCUT2D eigenvalue weighted by molar-refractivity contribution is 0.391. The predicted octanol–water partition coefficient (Wildman–Crippen LogP) is 3.10. The summed E-state index contributed by atoms with van der Waals surface area (Å²) in [4.78, 5) is 9.12. The third-order valence-electron chi connectivity index (χ3n) is 4.87. The first-order valence-corrected chi connectivity index (χ1v) is 9.58. The number of hydrogen-bond donors (Lipinski definition) is 1. The van der Waals surface area contributed by atoms with E-state index < -0.39 is 0 Å². The molecule has 1 fully saturated rings. The van der Waals surface area contributed by atoms with Gasteiger partial charge in [-0.1, -0.05) is 0 Å². The van der Waals surface area contributed by atoms with E-state index in [0.29, 0.717) is 0 Å². The van der Waals surface area contributed by atoms with Gasteiger partial charge in [0.2, 0.25) is 0 Å². The van der Waals surface area contributed by atoms with Crippen molar-refractivity contribution in [2.24, 2.45) is 7.05 Å². The van der Waals surface area contributed by atoms with Crippen molar-refractivity contribution in [3.63, 3.8) is 0 Å². The largest absolute Gasteiger partial charge is 0.368 e. The maximum Gasteiger partial charge on any atom is 0.174 e. The number of piperazine rings is 1. The summed E-state index contributed by atoms with van der Waals surface area (Å²) < 4.78 is 1.86. The lowest BCUT2D eigenvalue weighted by atomic mass is 10.2. The van der Waals surface area contributed by atoms with Crippen LogP contribution < -0.4 is 10.2 Å². The van der Waals surface area contributed by atoms with Crippen LogP contribution in [0.1, 0.15) is 11.3 Å². The van der Waals surface area contributed by atoms with E-state index in [4.69, 9.17) is 12.2 Å². The lowest BCUT2D eigenvalue weighted by Crippen LogP contribution is -2.50. The minimum absolute atomic E-state index is 0.743. The molecule has 1 aromatic carbocycles. The molecule has 0 amide bonds. The Labute approximate surface area is 164 Å². The number of rotatable bonds is 2. The van der Waals surface area contributed by atoms with Crippen molar-refractivity contribution in [2.75, 3.05) is 36.4 Å². The molecule has 3 aromatic rings. The molecule has 140 valence electrons. The van der Waals surface area contributed by atoms with Gasteiger partial charge in [-0.25, -0.2) is 4.98 Å². The van der Waals surface area contributed by atoms with Gasteiger partial charge < -0.3 is 15.1 Å². The standard InChI is InChI=1S/C20H24N6S/c1-14-10-15(2)21-19(11-14)22-20(27)26-8-6-25(7-9-26)17-5-4-16-13-24(3)23-18(16)12-17/h4-5,10-13H,6-9H2,1-3H3,(H,21,22,27). The summed E-state index contributed by atoms with van der Waals surface area (Å²) in [5.74, 6) is 0.820. The van der Waals surface area contributed by atoms with Crippen molar-refractivity contribution < 1.29 is 0 Å². The van der Waals surface area contributed by atoms with Crippen LogP contribution in [0, 0.1) is 13.8 Å². The van der Waals surface area contributed by atoms with Gasteiger partial charge in [0.05, 0.1) is 5.52 Å². The van der Waals surface area contributed by atoms with Crippen LogP contribution in [0.15, 0.2) is 36.5 Å². The zero-order valence-corrected chi connectivity index (χ0v) is 16.8. The van der Waals surface area contributed by atoms with E-state index in [1.807, 2.05) is 30.9 Å². The van der Waals surface area contributed by atoms with Gasteiger partial charge in [-0.2, -0.15) is 5.10 Å². The van der Waals surface area contributed by atoms with Crippen molar-refractivity contribution >= 4 is 39.7 Å². The quantitative estimate of drug-likeness (QED) is 0.690. The Bertz CT molecular complexity index is 967. The van der Waals surface area contributed by atoms with E-state index in [1.54, 1.807) is 0 Å². The van der Waals surface area contributed by atoms with Crippen molar-refractivity contribution in [1.29, 1.82) is 0 Å². The van der Waals surface area contributed by atoms with Crippen LogP contribution >= 0.6 is 12.2 Å². The number of nitrogens with zero attached hydrogens (tertiary/aromatic N) is 5. The monoisotopic (exact) mass is 380 g/mol. The maximum atomic E-state index is 5.61. The first-order valence-electron chi connectivity index (χ1n) is 9.17. The summed E-state index contributed by atoms with van der Waals surface area (Å²) in [6, 6.07) is 10.6. The molecule has 1 aliphatic heterocycles. The van der Waals surface area contributed by atoms with Crippen LogP contribution in [0.5, 0.6) is 0 Å². The molecule has 0 atom stereocenters. The van der Waals surface area contributed by atoms with Crippen molar-refractivity contribution in [2.45, 2.75) is 13.8 Å². The summed E-state index contributed by atoms with van der Waals surface area (Å²) in [6.45, 7) is 7.70. The van der Waals surface area contributed by atoms with Gasteiger partial charge >= 0.3 is 0 Å². The molecule has 7 heteroatoms. The fourth-order valence-electron chi connectivity index (χ4n) is 3.59. The van der Waals surface area contributed by atoms with Crippen molar-refractivity contribution in [3.05, 3.63) is 47.8 Å². The number of aryl methyl sites for hydroxylation is 3. The van der Waals surface area contributed by atoms with Crippen LogP contribution in [0.4, 0.5) is 11.5 Å².